The van der Waals surface area contributed by atoms with Crippen LogP contribution in [0.2, 0.25) is 0 Å². The van der Waals surface area contributed by atoms with Crippen LogP contribution in [0.4, 0.5) is 5.69 Å². The third kappa shape index (κ3) is 3.45. The summed E-state index contributed by atoms with van der Waals surface area (Å²) in [4.78, 5) is 0. The Kier molecular flexibility index (Phi) is 4.16. The van der Waals surface area contributed by atoms with Crippen molar-refractivity contribution < 1.29 is 9.47 Å². The molecule has 0 atom stereocenters. The molecular formula is C17H25NO2. The Hall–Kier alpha value is -1.22. The molecule has 1 N–H and O–H groups in total. The van der Waals surface area contributed by atoms with Crippen LogP contribution in [0, 0.1) is 18.8 Å². The van der Waals surface area contributed by atoms with Crippen molar-refractivity contribution in [1.82, 2.24) is 0 Å². The first kappa shape index (κ1) is 13.7. The lowest BCUT2D eigenvalue weighted by atomic mass is 10.1. The van der Waals surface area contributed by atoms with Gasteiger partial charge in [-0.3, -0.25) is 0 Å². The second-order valence-corrected chi connectivity index (χ2v) is 6.19. The van der Waals surface area contributed by atoms with Gasteiger partial charge >= 0.3 is 0 Å². The molecule has 2 aliphatic carbocycles. The molecule has 110 valence electrons. The van der Waals surface area contributed by atoms with Crippen molar-refractivity contribution in [3.63, 3.8) is 0 Å². The number of nitrogens with one attached hydrogen (secondary N) is 1. The molecule has 2 saturated carbocycles. The predicted molar refractivity (Wildman–Crippen MR) is 81.4 cm³/mol. The van der Waals surface area contributed by atoms with E-state index in [1.807, 2.05) is 0 Å². The van der Waals surface area contributed by atoms with E-state index < -0.39 is 0 Å². The molecule has 0 saturated heterocycles. The van der Waals surface area contributed by atoms with Gasteiger partial charge in [0.15, 0.2) is 0 Å². The van der Waals surface area contributed by atoms with E-state index in [-0.39, 0.29) is 0 Å². The van der Waals surface area contributed by atoms with Crippen LogP contribution in [-0.4, -0.2) is 26.4 Å². The summed E-state index contributed by atoms with van der Waals surface area (Å²) >= 11 is 0. The molecule has 1 aromatic carbocycles. The van der Waals surface area contributed by atoms with Crippen LogP contribution >= 0.6 is 0 Å². The van der Waals surface area contributed by atoms with Crippen LogP contribution in [0.5, 0.6) is 5.75 Å². The maximum absolute atomic E-state index is 5.87. The highest BCUT2D eigenvalue weighted by atomic mass is 16.5. The molecule has 0 heterocycles. The Balaban J connectivity index is 1.69. The van der Waals surface area contributed by atoms with Crippen LogP contribution in [0.25, 0.3) is 0 Å². The maximum atomic E-state index is 5.87. The van der Waals surface area contributed by atoms with E-state index >= 15 is 0 Å². The predicted octanol–water partition coefficient (Wildman–Crippen LogP) is 3.62. The quantitative estimate of drug-likeness (QED) is 0.735. The monoisotopic (exact) mass is 275 g/mol. The zero-order chi connectivity index (χ0) is 13.9. The first-order chi connectivity index (χ1) is 9.78. The Bertz CT molecular complexity index is 440. The largest absolute Gasteiger partial charge is 0.489 e. The highest BCUT2D eigenvalue weighted by Crippen LogP contribution is 2.46. The molecule has 0 radical (unpaired) electrons. The fourth-order valence-electron chi connectivity index (χ4n) is 2.81. The van der Waals surface area contributed by atoms with Crippen LogP contribution in [-0.2, 0) is 4.74 Å². The number of hydrogen-bond donors (Lipinski definition) is 1. The molecule has 3 rings (SSSR count). The van der Waals surface area contributed by atoms with E-state index in [9.17, 15) is 0 Å². The first-order valence-corrected chi connectivity index (χ1v) is 7.77. The lowest BCUT2D eigenvalue weighted by Crippen LogP contribution is -2.24. The van der Waals surface area contributed by atoms with Gasteiger partial charge in [0.25, 0.3) is 0 Å². The SMILES string of the molecule is COCCOc1cc(C)ccc1NC(C1CC1)C1CC1. The van der Waals surface area contributed by atoms with Crippen molar-refractivity contribution in [1.29, 1.82) is 0 Å². The summed E-state index contributed by atoms with van der Waals surface area (Å²) in [6, 6.07) is 7.09. The zero-order valence-electron chi connectivity index (χ0n) is 12.5. The molecule has 0 unspecified atom stereocenters. The molecule has 3 nitrogen and oxygen atoms in total. The number of methoxy groups -OCH3 is 1. The number of aryl methyl sites for hydroxylation is 1. The molecule has 0 bridgehead atoms. The minimum atomic E-state index is 0.603. The minimum Gasteiger partial charge on any atom is -0.489 e. The lowest BCUT2D eigenvalue weighted by Gasteiger charge is -2.21. The summed E-state index contributed by atoms with van der Waals surface area (Å²) in [6.07, 6.45) is 5.56. The maximum Gasteiger partial charge on any atom is 0.142 e. The van der Waals surface area contributed by atoms with Gasteiger partial charge in [-0.2, -0.15) is 0 Å². The fourth-order valence-corrected chi connectivity index (χ4v) is 2.81. The van der Waals surface area contributed by atoms with Crippen molar-refractivity contribution in [2.24, 2.45) is 11.8 Å². The Morgan fingerprint density at radius 2 is 1.85 bits per heavy atom. The highest BCUT2D eigenvalue weighted by molar-refractivity contribution is 5.58. The van der Waals surface area contributed by atoms with Gasteiger partial charge in [0.1, 0.15) is 12.4 Å². The van der Waals surface area contributed by atoms with E-state index in [2.05, 4.69) is 30.4 Å². The number of anilines is 1. The van der Waals surface area contributed by atoms with Crippen molar-refractivity contribution >= 4 is 5.69 Å². The van der Waals surface area contributed by atoms with Gasteiger partial charge in [0.05, 0.1) is 12.3 Å². The smallest absolute Gasteiger partial charge is 0.142 e. The fraction of sp³-hybridized carbons (Fsp3) is 0.647. The molecule has 20 heavy (non-hydrogen) atoms. The summed E-state index contributed by atoms with van der Waals surface area (Å²) < 4.78 is 10.9. The van der Waals surface area contributed by atoms with E-state index in [1.54, 1.807) is 7.11 Å². The van der Waals surface area contributed by atoms with E-state index in [1.165, 1.54) is 31.2 Å². The summed E-state index contributed by atoms with van der Waals surface area (Å²) in [6.45, 7) is 3.33. The topological polar surface area (TPSA) is 30.5 Å². The third-order valence-electron chi connectivity index (χ3n) is 4.26. The average molecular weight is 275 g/mol. The van der Waals surface area contributed by atoms with Crippen LogP contribution < -0.4 is 10.1 Å². The zero-order valence-corrected chi connectivity index (χ0v) is 12.5. The molecule has 0 spiro atoms. The molecule has 3 heteroatoms. The number of benzene rings is 1. The van der Waals surface area contributed by atoms with Gasteiger partial charge in [-0.1, -0.05) is 6.07 Å². The van der Waals surface area contributed by atoms with Crippen molar-refractivity contribution in [2.45, 2.75) is 38.6 Å². The summed E-state index contributed by atoms with van der Waals surface area (Å²) in [5, 5.41) is 3.76. The van der Waals surface area contributed by atoms with Crippen molar-refractivity contribution in [2.75, 3.05) is 25.6 Å². The van der Waals surface area contributed by atoms with Gasteiger partial charge in [0, 0.05) is 13.2 Å². The highest BCUT2D eigenvalue weighted by Gasteiger charge is 2.41. The minimum absolute atomic E-state index is 0.603. The molecule has 2 fully saturated rings. The van der Waals surface area contributed by atoms with E-state index in [0.29, 0.717) is 19.3 Å². The summed E-state index contributed by atoms with van der Waals surface area (Å²) in [7, 11) is 1.70. The molecule has 0 aliphatic heterocycles. The van der Waals surface area contributed by atoms with E-state index in [0.717, 1.165) is 23.3 Å². The van der Waals surface area contributed by atoms with Gasteiger partial charge in [-0.15, -0.1) is 0 Å². The summed E-state index contributed by atoms with van der Waals surface area (Å²) in [5.74, 6) is 2.74. The number of hydrogen-bond acceptors (Lipinski definition) is 3. The first-order valence-electron chi connectivity index (χ1n) is 7.77. The number of rotatable bonds is 8. The molecule has 0 aromatic heterocycles. The van der Waals surface area contributed by atoms with Crippen LogP contribution in [0.3, 0.4) is 0 Å². The standard InChI is InChI=1S/C17H25NO2/c1-12-3-8-15(16(11-12)20-10-9-19-2)18-17(13-4-5-13)14-6-7-14/h3,8,11,13-14,17-18H,4-7,9-10H2,1-2H3. The second kappa shape index (κ2) is 6.04. The summed E-state index contributed by atoms with van der Waals surface area (Å²) in [5.41, 5.74) is 2.38. The molecule has 0 amide bonds. The molecular weight excluding hydrogens is 250 g/mol. The van der Waals surface area contributed by atoms with E-state index in [4.69, 9.17) is 9.47 Å². The van der Waals surface area contributed by atoms with Gasteiger partial charge in [-0.05, 0) is 62.1 Å². The third-order valence-corrected chi connectivity index (χ3v) is 4.26. The second-order valence-electron chi connectivity index (χ2n) is 6.19. The van der Waals surface area contributed by atoms with Crippen molar-refractivity contribution in [3.05, 3.63) is 23.8 Å². The Morgan fingerprint density at radius 1 is 1.15 bits per heavy atom. The van der Waals surface area contributed by atoms with Gasteiger partial charge in [0.2, 0.25) is 0 Å². The molecule has 1 aromatic rings. The lowest BCUT2D eigenvalue weighted by molar-refractivity contribution is 0.146. The van der Waals surface area contributed by atoms with Gasteiger partial charge in [-0.25, -0.2) is 0 Å². The average Bonchev–Trinajstić information content (AvgIpc) is 3.30. The Morgan fingerprint density at radius 3 is 2.45 bits per heavy atom. The normalized spacial score (nSPS) is 18.4. The van der Waals surface area contributed by atoms with Crippen LogP contribution in [0.15, 0.2) is 18.2 Å². The van der Waals surface area contributed by atoms with Gasteiger partial charge < -0.3 is 14.8 Å². The van der Waals surface area contributed by atoms with Crippen LogP contribution in [0.1, 0.15) is 31.2 Å². The molecule has 2 aliphatic rings. The number of ether oxygens (including phenoxy) is 2. The Labute approximate surface area is 121 Å². The van der Waals surface area contributed by atoms with Crippen molar-refractivity contribution in [3.8, 4) is 5.75 Å².